The highest BCUT2D eigenvalue weighted by atomic mass is 16.5. The van der Waals surface area contributed by atoms with Crippen LogP contribution in [0.4, 0.5) is 5.82 Å². The van der Waals surface area contributed by atoms with Crippen LogP contribution in [0.15, 0.2) is 65.2 Å². The fourth-order valence-corrected chi connectivity index (χ4v) is 2.94. The minimum Gasteiger partial charge on any atom is -0.493 e. The van der Waals surface area contributed by atoms with Crippen LogP contribution in [0, 0.1) is 0 Å². The number of nitrogens with zero attached hydrogens (tertiary/aromatic N) is 4. The van der Waals surface area contributed by atoms with Crippen molar-refractivity contribution < 1.29 is 14.0 Å². The van der Waals surface area contributed by atoms with Crippen LogP contribution in [0.25, 0.3) is 23.0 Å². The molecular formula is C22H21N5O3. The predicted molar refractivity (Wildman–Crippen MR) is 112 cm³/mol. The van der Waals surface area contributed by atoms with Crippen molar-refractivity contribution in [3.8, 4) is 34.5 Å². The summed E-state index contributed by atoms with van der Waals surface area (Å²) in [6.45, 7) is 0.697. The second-order valence-corrected chi connectivity index (χ2v) is 6.46. The first-order chi connectivity index (χ1) is 14.8. The third kappa shape index (κ3) is 4.38. The summed E-state index contributed by atoms with van der Waals surface area (Å²) in [5.41, 5.74) is 2.54. The van der Waals surface area contributed by atoms with Gasteiger partial charge >= 0.3 is 0 Å². The molecule has 0 unspecified atom stereocenters. The molecule has 0 radical (unpaired) electrons. The van der Waals surface area contributed by atoms with Crippen LogP contribution >= 0.6 is 0 Å². The second kappa shape index (κ2) is 9.04. The van der Waals surface area contributed by atoms with E-state index in [0.717, 1.165) is 17.5 Å². The summed E-state index contributed by atoms with van der Waals surface area (Å²) in [5.74, 6) is 2.95. The minimum absolute atomic E-state index is 0.332. The lowest BCUT2D eigenvalue weighted by molar-refractivity contribution is 0.354. The number of benzene rings is 2. The number of aromatic nitrogens is 4. The summed E-state index contributed by atoms with van der Waals surface area (Å²) in [5, 5.41) is 15.6. The van der Waals surface area contributed by atoms with Crippen molar-refractivity contribution in [2.75, 3.05) is 26.1 Å². The first-order valence-corrected chi connectivity index (χ1v) is 9.45. The van der Waals surface area contributed by atoms with Crippen molar-refractivity contribution in [1.29, 1.82) is 0 Å². The molecule has 0 atom stereocenters. The number of hydrogen-bond donors (Lipinski definition) is 1. The third-order valence-electron chi connectivity index (χ3n) is 4.51. The van der Waals surface area contributed by atoms with Gasteiger partial charge in [0.05, 0.1) is 14.2 Å². The summed E-state index contributed by atoms with van der Waals surface area (Å²) in [6.07, 6.45) is 0.799. The molecule has 1 N–H and O–H groups in total. The molecule has 0 aliphatic heterocycles. The van der Waals surface area contributed by atoms with E-state index in [1.165, 1.54) is 0 Å². The van der Waals surface area contributed by atoms with Crippen LogP contribution < -0.4 is 14.8 Å². The van der Waals surface area contributed by atoms with E-state index >= 15 is 0 Å². The Morgan fingerprint density at radius 3 is 2.47 bits per heavy atom. The van der Waals surface area contributed by atoms with Gasteiger partial charge in [-0.1, -0.05) is 41.6 Å². The maximum absolute atomic E-state index is 5.34. The Balaban J connectivity index is 1.36. The first-order valence-electron chi connectivity index (χ1n) is 9.45. The summed E-state index contributed by atoms with van der Waals surface area (Å²) < 4.78 is 15.9. The quantitative estimate of drug-likeness (QED) is 0.474. The fourth-order valence-electron chi connectivity index (χ4n) is 2.94. The number of ether oxygens (including phenoxy) is 2. The number of anilines is 1. The molecule has 2 heterocycles. The van der Waals surface area contributed by atoms with Gasteiger partial charge in [0.1, 0.15) is 5.82 Å². The minimum atomic E-state index is 0.332. The Bertz CT molecular complexity index is 1100. The zero-order valence-corrected chi connectivity index (χ0v) is 16.7. The molecule has 0 bridgehead atoms. The molecule has 4 rings (SSSR count). The summed E-state index contributed by atoms with van der Waals surface area (Å²) in [6, 6.07) is 19.1. The van der Waals surface area contributed by atoms with Crippen LogP contribution in [-0.2, 0) is 6.42 Å². The Morgan fingerprint density at radius 2 is 1.73 bits per heavy atom. The molecular weight excluding hydrogens is 382 g/mol. The number of nitrogens with one attached hydrogen (secondary N) is 1. The van der Waals surface area contributed by atoms with E-state index in [0.29, 0.717) is 41.3 Å². The smallest absolute Gasteiger partial charge is 0.278 e. The molecule has 0 fully saturated rings. The zero-order chi connectivity index (χ0) is 20.8. The summed E-state index contributed by atoms with van der Waals surface area (Å²) >= 11 is 0. The van der Waals surface area contributed by atoms with E-state index in [4.69, 9.17) is 14.0 Å². The van der Waals surface area contributed by atoms with Crippen molar-refractivity contribution in [3.63, 3.8) is 0 Å². The van der Waals surface area contributed by atoms with Crippen molar-refractivity contribution in [2.24, 2.45) is 0 Å². The Kier molecular flexibility index (Phi) is 5.84. The van der Waals surface area contributed by atoms with E-state index in [2.05, 4.69) is 25.7 Å². The highest BCUT2D eigenvalue weighted by Gasteiger charge is 2.12. The van der Waals surface area contributed by atoms with Gasteiger partial charge in [-0.15, -0.1) is 10.2 Å². The van der Waals surface area contributed by atoms with Crippen LogP contribution in [0.1, 0.15) is 5.56 Å². The Hall–Kier alpha value is -3.94. The van der Waals surface area contributed by atoms with Gasteiger partial charge in [0, 0.05) is 12.1 Å². The van der Waals surface area contributed by atoms with E-state index in [1.807, 2.05) is 54.6 Å². The molecule has 0 amide bonds. The molecule has 0 saturated heterocycles. The standard InChI is InChI=1S/C22H21N5O3/c1-28-18-10-8-15(14-19(18)29-2)12-13-23-20-11-9-17(25-26-20)22-24-21(27-30-22)16-6-4-3-5-7-16/h3-11,14H,12-13H2,1-2H3,(H,23,26). The monoisotopic (exact) mass is 403 g/mol. The SMILES string of the molecule is COc1ccc(CCNc2ccc(-c3nc(-c4ccccc4)no3)nn2)cc1OC. The molecule has 2 aromatic carbocycles. The first kappa shape index (κ1) is 19.4. The molecule has 0 saturated carbocycles. The Morgan fingerprint density at radius 1 is 0.900 bits per heavy atom. The number of hydrogen-bond acceptors (Lipinski definition) is 8. The fraction of sp³-hybridized carbons (Fsp3) is 0.182. The molecule has 0 spiro atoms. The van der Waals surface area contributed by atoms with Crippen molar-refractivity contribution in [2.45, 2.75) is 6.42 Å². The van der Waals surface area contributed by atoms with Crippen LogP contribution in [0.2, 0.25) is 0 Å². The van der Waals surface area contributed by atoms with Gasteiger partial charge < -0.3 is 19.3 Å². The molecule has 152 valence electrons. The zero-order valence-electron chi connectivity index (χ0n) is 16.7. The average molecular weight is 403 g/mol. The molecule has 0 aliphatic carbocycles. The van der Waals surface area contributed by atoms with Gasteiger partial charge in [0.2, 0.25) is 5.82 Å². The molecule has 2 aromatic heterocycles. The van der Waals surface area contributed by atoms with Gasteiger partial charge in [-0.3, -0.25) is 0 Å². The average Bonchev–Trinajstić information content (AvgIpc) is 3.30. The van der Waals surface area contributed by atoms with Crippen LogP contribution in [0.3, 0.4) is 0 Å². The normalized spacial score (nSPS) is 10.6. The van der Waals surface area contributed by atoms with Crippen LogP contribution in [0.5, 0.6) is 11.5 Å². The number of methoxy groups -OCH3 is 2. The van der Waals surface area contributed by atoms with E-state index < -0.39 is 0 Å². The second-order valence-electron chi connectivity index (χ2n) is 6.46. The van der Waals surface area contributed by atoms with Crippen molar-refractivity contribution in [3.05, 3.63) is 66.2 Å². The van der Waals surface area contributed by atoms with Gasteiger partial charge in [-0.25, -0.2) is 0 Å². The van der Waals surface area contributed by atoms with Gasteiger partial charge in [0.25, 0.3) is 5.89 Å². The maximum Gasteiger partial charge on any atom is 0.278 e. The van der Waals surface area contributed by atoms with Gasteiger partial charge in [-0.2, -0.15) is 4.98 Å². The van der Waals surface area contributed by atoms with Crippen molar-refractivity contribution >= 4 is 5.82 Å². The molecule has 0 aliphatic rings. The third-order valence-corrected chi connectivity index (χ3v) is 4.51. The maximum atomic E-state index is 5.34. The van der Waals surface area contributed by atoms with E-state index in [9.17, 15) is 0 Å². The highest BCUT2D eigenvalue weighted by Crippen LogP contribution is 2.27. The topological polar surface area (TPSA) is 95.2 Å². The van der Waals surface area contributed by atoms with E-state index in [1.54, 1.807) is 20.3 Å². The lowest BCUT2D eigenvalue weighted by atomic mass is 10.1. The summed E-state index contributed by atoms with van der Waals surface area (Å²) in [7, 11) is 3.25. The lowest BCUT2D eigenvalue weighted by Gasteiger charge is -2.10. The summed E-state index contributed by atoms with van der Waals surface area (Å²) in [4.78, 5) is 4.39. The highest BCUT2D eigenvalue weighted by molar-refractivity contribution is 5.57. The van der Waals surface area contributed by atoms with Crippen LogP contribution in [-0.4, -0.2) is 41.1 Å². The molecule has 30 heavy (non-hydrogen) atoms. The molecule has 8 nitrogen and oxygen atoms in total. The lowest BCUT2D eigenvalue weighted by Crippen LogP contribution is -2.07. The van der Waals surface area contributed by atoms with Crippen molar-refractivity contribution in [1.82, 2.24) is 20.3 Å². The largest absolute Gasteiger partial charge is 0.493 e. The molecule has 8 heteroatoms. The predicted octanol–water partition coefficient (Wildman–Crippen LogP) is 3.87. The van der Waals surface area contributed by atoms with E-state index in [-0.39, 0.29) is 0 Å². The van der Waals surface area contributed by atoms with Gasteiger partial charge in [-0.05, 0) is 36.2 Å². The number of rotatable bonds is 8. The Labute approximate surface area is 173 Å². The van der Waals surface area contributed by atoms with Gasteiger partial charge in [0.15, 0.2) is 17.2 Å². The molecule has 4 aromatic rings.